The highest BCUT2D eigenvalue weighted by Crippen LogP contribution is 2.32. The fourth-order valence-electron chi connectivity index (χ4n) is 10.8. The maximum Gasteiger partial charge on any atom is 0.128 e. The summed E-state index contributed by atoms with van der Waals surface area (Å²) in [6.07, 6.45) is 6.99. The van der Waals surface area contributed by atoms with Gasteiger partial charge in [0, 0.05) is 10.4 Å². The van der Waals surface area contributed by atoms with Gasteiger partial charge in [-0.25, -0.2) is 0 Å². The Balaban J connectivity index is 0.000000205. The lowest BCUT2D eigenvalue weighted by Crippen LogP contribution is -2.00. The van der Waals surface area contributed by atoms with E-state index in [0.717, 1.165) is 95.8 Å². The molecule has 4 heteroatoms. The Kier molecular flexibility index (Phi) is 30.0. The Morgan fingerprint density at radius 3 is 1.17 bits per heavy atom. The predicted octanol–water partition coefficient (Wildman–Crippen LogP) is 25.9. The number of ether oxygens (including phenoxy) is 3. The highest BCUT2D eigenvalue weighted by atomic mass is 35.5. The minimum atomic E-state index is 0.598. The molecule has 0 spiro atoms. The van der Waals surface area contributed by atoms with Crippen molar-refractivity contribution in [3.63, 3.8) is 0 Å². The Hall–Kier alpha value is -7.07. The molecule has 0 aliphatic rings. The molecule has 0 aromatic heterocycles. The van der Waals surface area contributed by atoms with Crippen molar-refractivity contribution in [2.24, 2.45) is 23.7 Å². The summed E-state index contributed by atoms with van der Waals surface area (Å²) < 4.78 is 17.5. The first-order valence-corrected chi connectivity index (χ1v) is 33.8. The average molecular weight is 1230 g/mol. The van der Waals surface area contributed by atoms with Gasteiger partial charge in [0.1, 0.15) is 23.0 Å². The maximum atomic E-state index is 6.17. The van der Waals surface area contributed by atoms with Gasteiger partial charge in [-0.15, -0.1) is 0 Å². The zero-order valence-electron chi connectivity index (χ0n) is 59.2. The molecular weight excluding hydrogens is 1120 g/mol. The minimum absolute atomic E-state index is 0.598. The molecule has 0 saturated heterocycles. The van der Waals surface area contributed by atoms with Gasteiger partial charge in [0.2, 0.25) is 0 Å². The highest BCUT2D eigenvalue weighted by Gasteiger charge is 2.10. The van der Waals surface area contributed by atoms with Crippen molar-refractivity contribution in [1.82, 2.24) is 0 Å². The molecule has 0 aliphatic carbocycles. The molecule has 90 heavy (non-hydrogen) atoms. The van der Waals surface area contributed by atoms with Crippen LogP contribution in [0.25, 0.3) is 33.0 Å². The molecule has 0 aliphatic heterocycles. The van der Waals surface area contributed by atoms with Crippen LogP contribution < -0.4 is 14.2 Å². The van der Waals surface area contributed by atoms with E-state index in [4.69, 9.17) is 25.8 Å². The van der Waals surface area contributed by atoms with Gasteiger partial charge in [0.25, 0.3) is 0 Å². The molecule has 9 rings (SSSR count). The molecule has 0 fully saturated rings. The summed E-state index contributed by atoms with van der Waals surface area (Å²) in [4.78, 5) is 0. The zero-order chi connectivity index (χ0) is 66.2. The zero-order valence-corrected chi connectivity index (χ0v) is 60.0. The van der Waals surface area contributed by atoms with Crippen molar-refractivity contribution in [2.75, 3.05) is 13.2 Å². The number of benzene rings is 9. The summed E-state index contributed by atoms with van der Waals surface area (Å²) in [7, 11) is 0. The molecule has 0 amide bonds. The summed E-state index contributed by atoms with van der Waals surface area (Å²) in [5, 5.41) is 3.26. The fraction of sp³-hybridized carbons (Fsp3) is 0.395. The molecule has 0 N–H and O–H groups in total. The van der Waals surface area contributed by atoms with Crippen LogP contribution in [0.4, 0.5) is 0 Å². The molecule has 0 bridgehead atoms. The lowest BCUT2D eigenvalue weighted by molar-refractivity contribution is 0.297. The number of hydrogen-bond donors (Lipinski definition) is 0. The molecule has 3 nitrogen and oxygen atoms in total. The van der Waals surface area contributed by atoms with Gasteiger partial charge in [-0.3, -0.25) is 0 Å². The highest BCUT2D eigenvalue weighted by molar-refractivity contribution is 6.32. The van der Waals surface area contributed by atoms with Crippen LogP contribution >= 0.6 is 11.6 Å². The molecule has 480 valence electrons. The van der Waals surface area contributed by atoms with Crippen LogP contribution in [0.5, 0.6) is 23.0 Å². The monoisotopic (exact) mass is 1230 g/mol. The Morgan fingerprint density at radius 2 is 0.733 bits per heavy atom. The van der Waals surface area contributed by atoms with Gasteiger partial charge in [0.15, 0.2) is 0 Å². The fourth-order valence-corrected chi connectivity index (χ4v) is 10.9. The summed E-state index contributed by atoms with van der Waals surface area (Å²) in [5.41, 5.74) is 23.8. The van der Waals surface area contributed by atoms with Gasteiger partial charge >= 0.3 is 0 Å². The van der Waals surface area contributed by atoms with E-state index in [1.165, 1.54) is 113 Å². The second-order valence-corrected chi connectivity index (χ2v) is 27.6. The van der Waals surface area contributed by atoms with E-state index in [2.05, 4.69) is 271 Å². The van der Waals surface area contributed by atoms with Gasteiger partial charge < -0.3 is 14.2 Å². The van der Waals surface area contributed by atoms with E-state index in [0.29, 0.717) is 11.8 Å². The Morgan fingerprint density at radius 1 is 0.344 bits per heavy atom. The average Bonchev–Trinajstić information content (AvgIpc) is 1.21. The van der Waals surface area contributed by atoms with Gasteiger partial charge in [0.05, 0.1) is 13.2 Å². The van der Waals surface area contributed by atoms with Crippen LogP contribution in [0, 0.1) is 99.8 Å². The molecule has 0 atom stereocenters. The third kappa shape index (κ3) is 24.3. The normalized spacial score (nSPS) is 11.0. The molecule has 9 aromatic carbocycles. The van der Waals surface area contributed by atoms with Crippen molar-refractivity contribution in [1.29, 1.82) is 0 Å². The van der Waals surface area contributed by atoms with Crippen molar-refractivity contribution in [2.45, 2.75) is 190 Å². The van der Waals surface area contributed by atoms with Gasteiger partial charge in [-0.05, 0) is 292 Å². The number of halogens is 1. The van der Waals surface area contributed by atoms with Crippen molar-refractivity contribution >= 4 is 22.4 Å². The van der Waals surface area contributed by atoms with E-state index in [1.54, 1.807) is 0 Å². The van der Waals surface area contributed by atoms with Crippen LogP contribution in [0.3, 0.4) is 0 Å². The number of hydrogen-bond acceptors (Lipinski definition) is 3. The lowest BCUT2D eigenvalue weighted by Gasteiger charge is -2.11. The van der Waals surface area contributed by atoms with E-state index in [-0.39, 0.29) is 0 Å². The topological polar surface area (TPSA) is 27.7 Å². The second-order valence-electron chi connectivity index (χ2n) is 27.2. The first-order chi connectivity index (χ1) is 42.7. The molecular formula is C86H111ClO3. The Bertz CT molecular complexity index is 3520. The first-order valence-electron chi connectivity index (χ1n) is 33.4. The Labute approximate surface area is 552 Å². The summed E-state index contributed by atoms with van der Waals surface area (Å²) >= 11 is 6.17. The number of aryl methyl sites for hydroxylation is 8. The van der Waals surface area contributed by atoms with E-state index in [1.807, 2.05) is 38.1 Å². The largest absolute Gasteiger partial charge is 0.494 e. The summed E-state index contributed by atoms with van der Waals surface area (Å²) in [6, 6.07) is 58.2. The summed E-state index contributed by atoms with van der Waals surface area (Å²) in [5.74, 6) is 7.23. The van der Waals surface area contributed by atoms with Crippen molar-refractivity contribution < 1.29 is 14.2 Å². The van der Waals surface area contributed by atoms with Crippen LogP contribution in [0.1, 0.15) is 179 Å². The van der Waals surface area contributed by atoms with Crippen LogP contribution in [-0.4, -0.2) is 13.2 Å². The third-order valence-corrected chi connectivity index (χ3v) is 17.5. The predicted molar refractivity (Wildman–Crippen MR) is 395 cm³/mol. The molecule has 0 saturated carbocycles. The van der Waals surface area contributed by atoms with Crippen LogP contribution in [-0.2, 0) is 12.8 Å². The number of fused-ring (bicyclic) bond motifs is 1. The SMILES string of the molecule is CC(C)CCCOc1cccc2ccccc12.Cc1cc(-c2ccc(C(C)C)cc2)cc(C)c1C.Cc1cc(-c2ccc(CC(C)C)cc2)cc(C)c1C.Cc1cc(OCCCC(C)C)cc(C)c1C.Cc1cc(Oc2ccc(CC(C)C)cc2)cc(C)c1Cl. The second kappa shape index (κ2) is 36.7. The number of rotatable bonds is 19. The molecule has 0 heterocycles. The van der Waals surface area contributed by atoms with Crippen molar-refractivity contribution in [3.8, 4) is 45.3 Å². The molecule has 0 radical (unpaired) electrons. The lowest BCUT2D eigenvalue weighted by atomic mass is 9.94. The quantitative estimate of drug-likeness (QED) is 0.0755. The minimum Gasteiger partial charge on any atom is -0.494 e. The van der Waals surface area contributed by atoms with Crippen molar-refractivity contribution in [3.05, 3.63) is 247 Å². The van der Waals surface area contributed by atoms with Gasteiger partial charge in [-0.2, -0.15) is 0 Å². The maximum absolute atomic E-state index is 6.17. The standard InChI is InChI=1S/C19H24.C18H21ClO.C18H22.C16H20O.C15H24O/c1-13(2)10-17-6-8-18(9-7-17)19-11-14(3)16(5)15(4)12-19;1-12(2)9-15-5-7-16(8-6-15)20-17-10-13(3)18(19)14(4)11-17;1-12(2)16-6-8-17(9-7-16)18-10-13(3)15(5)14(4)11-18;1-13(2)7-6-12-17-16-11-5-9-14-8-3-4-10-15(14)16;1-11(2)7-6-8-16-15-9-12(3)14(5)13(4)10-15/h6-9,11-13H,10H2,1-5H3;5-8,10-12H,9H2,1-4H3;6-12H,1-5H3;3-5,8-11,13H,6-7,12H2,1-2H3;9-11H,6-8H2,1-5H3. The molecule has 9 aromatic rings. The summed E-state index contributed by atoms with van der Waals surface area (Å²) in [6.45, 7) is 47.7. The van der Waals surface area contributed by atoms with Crippen LogP contribution in [0.2, 0.25) is 5.02 Å². The van der Waals surface area contributed by atoms with E-state index < -0.39 is 0 Å². The van der Waals surface area contributed by atoms with E-state index >= 15 is 0 Å². The van der Waals surface area contributed by atoms with E-state index in [9.17, 15) is 0 Å². The van der Waals surface area contributed by atoms with Crippen LogP contribution in [0.15, 0.2) is 164 Å². The smallest absolute Gasteiger partial charge is 0.128 e. The van der Waals surface area contributed by atoms with Gasteiger partial charge in [-0.1, -0.05) is 202 Å². The third-order valence-electron chi connectivity index (χ3n) is 16.9. The first kappa shape index (κ1) is 73.7. The molecule has 0 unspecified atom stereocenters.